The van der Waals surface area contributed by atoms with E-state index in [9.17, 15) is 27.9 Å². The summed E-state index contributed by atoms with van der Waals surface area (Å²) in [6, 6.07) is 12.5. The number of para-hydroxylation sites is 1. The zero-order chi connectivity index (χ0) is 29.4. The molecule has 0 radical (unpaired) electrons. The maximum absolute atomic E-state index is 14.5. The number of sulfonamides is 1. The minimum Gasteiger partial charge on any atom is -0.507 e. The molecule has 1 atom stereocenters. The lowest BCUT2D eigenvalue weighted by molar-refractivity contribution is -0.143. The topological polar surface area (TPSA) is 119 Å². The molecule has 2 heterocycles. The van der Waals surface area contributed by atoms with Gasteiger partial charge in [0.1, 0.15) is 5.76 Å². The van der Waals surface area contributed by atoms with Gasteiger partial charge in [-0.25, -0.2) is 12.7 Å². The highest BCUT2D eigenvalue weighted by Gasteiger charge is 2.66. The van der Waals surface area contributed by atoms with Crippen LogP contribution in [0.5, 0.6) is 0 Å². The molecule has 2 amide bonds. The van der Waals surface area contributed by atoms with Crippen molar-refractivity contribution in [3.8, 4) is 0 Å². The largest absolute Gasteiger partial charge is 0.507 e. The lowest BCUT2D eigenvalue weighted by atomic mass is 9.82. The Labute approximate surface area is 235 Å². The van der Waals surface area contributed by atoms with Gasteiger partial charge in [-0.15, -0.1) is 0 Å². The number of aliphatic hydroxyl groups is 1. The van der Waals surface area contributed by atoms with Gasteiger partial charge < -0.3 is 19.8 Å². The Morgan fingerprint density at radius 2 is 1.65 bits per heavy atom. The predicted octanol–water partition coefficient (Wildman–Crippen LogP) is 2.61. The van der Waals surface area contributed by atoms with Crippen molar-refractivity contribution in [2.45, 2.75) is 36.6 Å². The van der Waals surface area contributed by atoms with Crippen LogP contribution in [0.3, 0.4) is 0 Å². The van der Waals surface area contributed by atoms with Gasteiger partial charge in [0.25, 0.3) is 17.6 Å². The van der Waals surface area contributed by atoms with E-state index in [-0.39, 0.29) is 22.6 Å². The summed E-state index contributed by atoms with van der Waals surface area (Å²) in [6.45, 7) is 3.10. The van der Waals surface area contributed by atoms with E-state index in [2.05, 4.69) is 0 Å². The zero-order valence-corrected chi connectivity index (χ0v) is 24.4. The highest BCUT2D eigenvalue weighted by atomic mass is 32.2. The fourth-order valence-corrected chi connectivity index (χ4v) is 6.36. The first-order chi connectivity index (χ1) is 18.9. The predicted molar refractivity (Wildman–Crippen MR) is 152 cm³/mol. The van der Waals surface area contributed by atoms with Crippen molar-refractivity contribution >= 4 is 39.1 Å². The minimum absolute atomic E-state index is 0.0193. The molecule has 1 fully saturated rings. The number of hydrogen-bond donors (Lipinski definition) is 1. The first kappa shape index (κ1) is 29.4. The van der Waals surface area contributed by atoms with Gasteiger partial charge in [0, 0.05) is 38.3 Å². The van der Waals surface area contributed by atoms with Crippen LogP contribution in [0.25, 0.3) is 5.76 Å². The highest BCUT2D eigenvalue weighted by molar-refractivity contribution is 7.89. The number of fused-ring (bicyclic) bond motifs is 2. The summed E-state index contributed by atoms with van der Waals surface area (Å²) in [5.41, 5.74) is -1.18. The molecule has 1 N–H and O–H groups in total. The van der Waals surface area contributed by atoms with E-state index < -0.39 is 38.9 Å². The summed E-state index contributed by atoms with van der Waals surface area (Å²) in [4.78, 5) is 46.6. The Bertz CT molecular complexity index is 1480. The van der Waals surface area contributed by atoms with Gasteiger partial charge in [0.2, 0.25) is 10.0 Å². The number of rotatable bonds is 10. The number of nitrogens with zero attached hydrogens (tertiary/aromatic N) is 4. The van der Waals surface area contributed by atoms with Gasteiger partial charge in [-0.05, 0) is 51.7 Å². The molecule has 2 aliphatic rings. The van der Waals surface area contributed by atoms with Crippen LogP contribution in [0.4, 0.5) is 5.69 Å². The zero-order valence-electron chi connectivity index (χ0n) is 23.5. The molecule has 214 valence electrons. The van der Waals surface area contributed by atoms with Gasteiger partial charge in [-0.3, -0.25) is 14.4 Å². The summed E-state index contributed by atoms with van der Waals surface area (Å²) in [5, 5.41) is 11.7. The Balaban J connectivity index is 2.00. The average Bonchev–Trinajstić information content (AvgIpc) is 3.30. The van der Waals surface area contributed by atoms with Crippen LogP contribution < -0.4 is 4.90 Å². The first-order valence-electron chi connectivity index (χ1n) is 13.3. The average molecular weight is 569 g/mol. The molecule has 0 saturated carbocycles. The molecule has 0 aromatic heterocycles. The smallest absolute Gasteiger partial charge is 0.296 e. The van der Waals surface area contributed by atoms with Crippen molar-refractivity contribution < 1.29 is 27.9 Å². The maximum atomic E-state index is 14.5. The maximum Gasteiger partial charge on any atom is 0.296 e. The number of benzene rings is 2. The Kier molecular flexibility index (Phi) is 8.21. The van der Waals surface area contributed by atoms with Crippen molar-refractivity contribution in [2.24, 2.45) is 0 Å². The highest BCUT2D eigenvalue weighted by Crippen LogP contribution is 2.53. The fraction of sp³-hybridized carbons (Fsp3) is 0.414. The van der Waals surface area contributed by atoms with Crippen molar-refractivity contribution in [3.05, 3.63) is 65.2 Å². The van der Waals surface area contributed by atoms with Gasteiger partial charge in [-0.1, -0.05) is 43.7 Å². The van der Waals surface area contributed by atoms with Gasteiger partial charge in [-0.2, -0.15) is 0 Å². The van der Waals surface area contributed by atoms with Crippen LogP contribution in [0.15, 0.2) is 59.0 Å². The molecule has 2 aliphatic heterocycles. The van der Waals surface area contributed by atoms with Crippen LogP contribution in [0.2, 0.25) is 0 Å². The summed E-state index contributed by atoms with van der Waals surface area (Å²) in [5.74, 6) is -2.93. The standard InChI is InChI=1S/C29H36N4O6S/c1-6-7-17-32-23-15-9-8-14-22(23)29(28(32)37)24(26(35)27(36)33(29)18-11-16-30(2)3)25(34)20-12-10-13-21(19-20)40(38,39)31(4)5/h8-10,12-15,19,34H,6-7,11,16-18H2,1-5H3/b25-24+. The van der Waals surface area contributed by atoms with E-state index >= 15 is 0 Å². The summed E-state index contributed by atoms with van der Waals surface area (Å²) in [7, 11) is 2.70. The number of Topliss-reactive ketones (excluding diaryl/α,β-unsaturated/α-hetero) is 1. The molecule has 1 saturated heterocycles. The second kappa shape index (κ2) is 11.1. The lowest BCUT2D eigenvalue weighted by Crippen LogP contribution is -2.52. The number of hydrogen-bond acceptors (Lipinski definition) is 7. The molecule has 2 aromatic carbocycles. The molecular formula is C29H36N4O6S. The molecule has 0 bridgehead atoms. The van der Waals surface area contributed by atoms with Crippen molar-refractivity contribution in [3.63, 3.8) is 0 Å². The number of anilines is 1. The Hall–Kier alpha value is -3.54. The van der Waals surface area contributed by atoms with Crippen molar-refractivity contribution in [1.82, 2.24) is 14.1 Å². The third kappa shape index (κ3) is 4.61. The quantitative estimate of drug-likeness (QED) is 0.266. The van der Waals surface area contributed by atoms with Crippen LogP contribution in [-0.2, 0) is 29.9 Å². The molecule has 11 heteroatoms. The molecule has 40 heavy (non-hydrogen) atoms. The van der Waals surface area contributed by atoms with E-state index in [4.69, 9.17) is 0 Å². The third-order valence-corrected chi connectivity index (χ3v) is 9.23. The van der Waals surface area contributed by atoms with Crippen LogP contribution in [0, 0.1) is 0 Å². The van der Waals surface area contributed by atoms with Crippen molar-refractivity contribution in [2.75, 3.05) is 52.7 Å². The van der Waals surface area contributed by atoms with Gasteiger partial charge in [0.05, 0.1) is 16.2 Å². The number of carbonyl (C=O) groups is 3. The molecular weight excluding hydrogens is 532 g/mol. The van der Waals surface area contributed by atoms with E-state index in [1.165, 1.54) is 43.3 Å². The second-order valence-corrected chi connectivity index (χ2v) is 12.7. The molecule has 10 nitrogen and oxygen atoms in total. The van der Waals surface area contributed by atoms with E-state index in [0.717, 1.165) is 10.7 Å². The van der Waals surface area contributed by atoms with Crippen LogP contribution >= 0.6 is 0 Å². The normalized spacial score (nSPS) is 20.4. The van der Waals surface area contributed by atoms with Gasteiger partial charge >= 0.3 is 0 Å². The number of carbonyl (C=O) groups excluding carboxylic acids is 3. The molecule has 0 aliphatic carbocycles. The first-order valence-corrected chi connectivity index (χ1v) is 14.7. The summed E-state index contributed by atoms with van der Waals surface area (Å²) >= 11 is 0. The fourth-order valence-electron chi connectivity index (χ4n) is 5.41. The number of amides is 2. The second-order valence-electron chi connectivity index (χ2n) is 10.5. The minimum atomic E-state index is -3.86. The molecule has 1 spiro atoms. The van der Waals surface area contributed by atoms with Crippen LogP contribution in [-0.4, -0.2) is 93.1 Å². The molecule has 2 aromatic rings. The van der Waals surface area contributed by atoms with E-state index in [0.29, 0.717) is 37.2 Å². The molecule has 4 rings (SSSR count). The van der Waals surface area contributed by atoms with E-state index in [1.807, 2.05) is 25.9 Å². The number of likely N-dealkylation sites (tertiary alicyclic amines) is 1. The number of ketones is 1. The third-order valence-electron chi connectivity index (χ3n) is 7.42. The summed E-state index contributed by atoms with van der Waals surface area (Å²) in [6.07, 6.45) is 2.02. The Morgan fingerprint density at radius 1 is 0.950 bits per heavy atom. The Morgan fingerprint density at radius 3 is 2.30 bits per heavy atom. The number of aliphatic hydroxyl groups excluding tert-OH is 1. The van der Waals surface area contributed by atoms with Crippen molar-refractivity contribution in [1.29, 1.82) is 0 Å². The SMILES string of the molecule is CCCCN1C(=O)C2(/C(=C(/O)c3cccc(S(=O)(=O)N(C)C)c3)C(=O)C(=O)N2CCCN(C)C)c2ccccc21. The van der Waals surface area contributed by atoms with E-state index in [1.54, 1.807) is 29.2 Å². The van der Waals surface area contributed by atoms with Gasteiger partial charge in [0.15, 0.2) is 5.54 Å². The lowest BCUT2D eigenvalue weighted by Gasteiger charge is -2.35. The van der Waals surface area contributed by atoms with Crippen LogP contribution in [0.1, 0.15) is 37.3 Å². The monoisotopic (exact) mass is 568 g/mol. The molecule has 1 unspecified atom stereocenters. The number of unbranched alkanes of at least 4 members (excludes halogenated alkanes) is 1. The summed E-state index contributed by atoms with van der Waals surface area (Å²) < 4.78 is 26.7.